The van der Waals surface area contributed by atoms with Gasteiger partial charge < -0.3 is 14.2 Å². The molecule has 3 heteroatoms. The molecule has 0 N–H and O–H groups in total. The van der Waals surface area contributed by atoms with Crippen molar-refractivity contribution in [2.45, 2.75) is 71.3 Å². The molecular formula is C19H36O3. The first-order valence-corrected chi connectivity index (χ1v) is 9.56. The average Bonchev–Trinajstić information content (AvgIpc) is 2.55. The van der Waals surface area contributed by atoms with E-state index in [1.807, 2.05) is 6.92 Å². The number of hydrogen-bond donors (Lipinski definition) is 0. The van der Waals surface area contributed by atoms with E-state index in [1.54, 1.807) is 0 Å². The van der Waals surface area contributed by atoms with E-state index in [1.165, 1.54) is 51.4 Å². The van der Waals surface area contributed by atoms with E-state index in [-0.39, 0.29) is 0 Å². The zero-order valence-corrected chi connectivity index (χ0v) is 14.7. The van der Waals surface area contributed by atoms with Crippen LogP contribution >= 0.6 is 0 Å². The number of hydrogen-bond acceptors (Lipinski definition) is 3. The molecule has 0 spiro atoms. The lowest BCUT2D eigenvalue weighted by Gasteiger charge is -2.37. The molecule has 2 rings (SSSR count). The molecule has 22 heavy (non-hydrogen) atoms. The quantitative estimate of drug-likeness (QED) is 0.589. The van der Waals surface area contributed by atoms with Gasteiger partial charge in [0, 0.05) is 6.61 Å². The third kappa shape index (κ3) is 6.55. The van der Waals surface area contributed by atoms with Crippen LogP contribution in [0.1, 0.15) is 65.2 Å². The van der Waals surface area contributed by atoms with Crippen molar-refractivity contribution in [1.29, 1.82) is 0 Å². The maximum absolute atomic E-state index is 5.98. The molecule has 0 aromatic heterocycles. The van der Waals surface area contributed by atoms with Gasteiger partial charge in [-0.1, -0.05) is 19.8 Å². The van der Waals surface area contributed by atoms with Crippen LogP contribution in [0.2, 0.25) is 0 Å². The van der Waals surface area contributed by atoms with E-state index in [2.05, 4.69) is 6.92 Å². The lowest BCUT2D eigenvalue weighted by atomic mass is 9.71. The van der Waals surface area contributed by atoms with Crippen molar-refractivity contribution < 1.29 is 14.2 Å². The van der Waals surface area contributed by atoms with Gasteiger partial charge in [-0.25, -0.2) is 0 Å². The van der Waals surface area contributed by atoms with Gasteiger partial charge in [-0.3, -0.25) is 0 Å². The maximum atomic E-state index is 5.98. The maximum Gasteiger partial charge on any atom is 0.0704 e. The first-order valence-electron chi connectivity index (χ1n) is 9.56. The van der Waals surface area contributed by atoms with Crippen molar-refractivity contribution in [1.82, 2.24) is 0 Å². The van der Waals surface area contributed by atoms with E-state index in [0.717, 1.165) is 31.0 Å². The second-order valence-corrected chi connectivity index (χ2v) is 7.24. The SMILES string of the molecule is CCOCCOCCOC1CCC(C2CCC(C)CC2)CC1. The molecule has 2 fully saturated rings. The number of ether oxygens (including phenoxy) is 3. The topological polar surface area (TPSA) is 27.7 Å². The Morgan fingerprint density at radius 3 is 1.86 bits per heavy atom. The minimum absolute atomic E-state index is 0.481. The zero-order chi connectivity index (χ0) is 15.6. The van der Waals surface area contributed by atoms with Crippen LogP contribution in [0.3, 0.4) is 0 Å². The third-order valence-electron chi connectivity index (χ3n) is 5.60. The summed E-state index contributed by atoms with van der Waals surface area (Å²) in [6.07, 6.45) is 11.6. The van der Waals surface area contributed by atoms with Crippen molar-refractivity contribution in [2.24, 2.45) is 17.8 Å². The summed E-state index contributed by atoms with van der Waals surface area (Å²) in [5.74, 6) is 2.97. The highest BCUT2D eigenvalue weighted by Gasteiger charge is 2.30. The molecule has 0 amide bonds. The van der Waals surface area contributed by atoms with Gasteiger partial charge in [0.1, 0.15) is 0 Å². The van der Waals surface area contributed by atoms with E-state index in [4.69, 9.17) is 14.2 Å². The molecule has 0 unspecified atom stereocenters. The Bertz CT molecular complexity index is 266. The van der Waals surface area contributed by atoms with Gasteiger partial charge in [0.2, 0.25) is 0 Å². The highest BCUT2D eigenvalue weighted by molar-refractivity contribution is 4.81. The van der Waals surface area contributed by atoms with Crippen molar-refractivity contribution in [2.75, 3.05) is 33.0 Å². The summed E-state index contributed by atoms with van der Waals surface area (Å²) in [5, 5.41) is 0. The fraction of sp³-hybridized carbons (Fsp3) is 1.00. The fourth-order valence-corrected chi connectivity index (χ4v) is 4.12. The van der Waals surface area contributed by atoms with Gasteiger partial charge in [-0.15, -0.1) is 0 Å². The molecule has 3 nitrogen and oxygen atoms in total. The predicted molar refractivity (Wildman–Crippen MR) is 90.1 cm³/mol. The van der Waals surface area contributed by atoms with Crippen molar-refractivity contribution in [3.05, 3.63) is 0 Å². The summed E-state index contributed by atoms with van der Waals surface area (Å²) in [5.41, 5.74) is 0. The molecule has 0 aromatic carbocycles. The second-order valence-electron chi connectivity index (χ2n) is 7.24. The molecule has 0 aliphatic heterocycles. The summed E-state index contributed by atoms with van der Waals surface area (Å²) in [6.45, 7) is 8.01. The zero-order valence-electron chi connectivity index (χ0n) is 14.7. The van der Waals surface area contributed by atoms with Crippen molar-refractivity contribution in [3.8, 4) is 0 Å². The summed E-state index contributed by atoms with van der Waals surface area (Å²) in [7, 11) is 0. The first kappa shape index (κ1) is 18.2. The molecule has 0 radical (unpaired) electrons. The van der Waals surface area contributed by atoms with Crippen LogP contribution in [-0.2, 0) is 14.2 Å². The average molecular weight is 312 g/mol. The Morgan fingerprint density at radius 2 is 1.23 bits per heavy atom. The fourth-order valence-electron chi connectivity index (χ4n) is 4.12. The Hall–Kier alpha value is -0.120. The molecule has 2 aliphatic rings. The van der Waals surface area contributed by atoms with Crippen LogP contribution in [0.5, 0.6) is 0 Å². The van der Waals surface area contributed by atoms with E-state index < -0.39 is 0 Å². The van der Waals surface area contributed by atoms with Crippen LogP contribution in [0.4, 0.5) is 0 Å². The predicted octanol–water partition coefficient (Wildman–Crippen LogP) is 4.44. The molecule has 2 saturated carbocycles. The van der Waals surface area contributed by atoms with E-state index >= 15 is 0 Å². The molecule has 130 valence electrons. The third-order valence-corrected chi connectivity index (χ3v) is 5.60. The molecule has 0 heterocycles. The van der Waals surface area contributed by atoms with Crippen LogP contribution in [0.25, 0.3) is 0 Å². The lowest BCUT2D eigenvalue weighted by Crippen LogP contribution is -2.29. The minimum Gasteiger partial charge on any atom is -0.379 e. The van der Waals surface area contributed by atoms with Gasteiger partial charge in [-0.05, 0) is 63.2 Å². The Morgan fingerprint density at radius 1 is 0.682 bits per heavy atom. The van der Waals surface area contributed by atoms with Crippen LogP contribution < -0.4 is 0 Å². The molecule has 0 bridgehead atoms. The van der Waals surface area contributed by atoms with Crippen LogP contribution in [0, 0.1) is 17.8 Å². The molecular weight excluding hydrogens is 276 g/mol. The van der Waals surface area contributed by atoms with Gasteiger partial charge >= 0.3 is 0 Å². The van der Waals surface area contributed by atoms with E-state index in [0.29, 0.717) is 25.9 Å². The standard InChI is InChI=1S/C19H36O3/c1-3-20-12-13-21-14-15-22-19-10-8-18(9-11-19)17-6-4-16(2)5-7-17/h16-19H,3-15H2,1-2H3. The smallest absolute Gasteiger partial charge is 0.0704 e. The normalized spacial score (nSPS) is 33.0. The van der Waals surface area contributed by atoms with Crippen LogP contribution in [-0.4, -0.2) is 39.1 Å². The van der Waals surface area contributed by atoms with Gasteiger partial charge in [0.15, 0.2) is 0 Å². The molecule has 0 aromatic rings. The summed E-state index contributed by atoms with van der Waals surface area (Å²) in [6, 6.07) is 0. The monoisotopic (exact) mass is 312 g/mol. The molecule has 0 saturated heterocycles. The van der Waals surface area contributed by atoms with Gasteiger partial charge in [0.25, 0.3) is 0 Å². The minimum atomic E-state index is 0.481. The summed E-state index contributed by atoms with van der Waals surface area (Å²) >= 11 is 0. The van der Waals surface area contributed by atoms with Gasteiger partial charge in [-0.2, -0.15) is 0 Å². The van der Waals surface area contributed by atoms with E-state index in [9.17, 15) is 0 Å². The summed E-state index contributed by atoms with van der Waals surface area (Å²) in [4.78, 5) is 0. The lowest BCUT2D eigenvalue weighted by molar-refractivity contribution is -0.0304. The molecule has 0 atom stereocenters. The highest BCUT2D eigenvalue weighted by Crippen LogP contribution is 2.40. The molecule has 2 aliphatic carbocycles. The summed E-state index contributed by atoms with van der Waals surface area (Å²) < 4.78 is 16.7. The van der Waals surface area contributed by atoms with Crippen LogP contribution in [0.15, 0.2) is 0 Å². The van der Waals surface area contributed by atoms with Crippen molar-refractivity contribution in [3.63, 3.8) is 0 Å². The Labute approximate surface area is 137 Å². The Kier molecular flexibility index (Phi) is 8.79. The van der Waals surface area contributed by atoms with Crippen molar-refractivity contribution >= 4 is 0 Å². The first-order chi connectivity index (χ1) is 10.8. The Balaban J connectivity index is 1.48. The highest BCUT2D eigenvalue weighted by atomic mass is 16.5. The second kappa shape index (κ2) is 10.6. The largest absolute Gasteiger partial charge is 0.379 e. The van der Waals surface area contributed by atoms with Gasteiger partial charge in [0.05, 0.1) is 32.5 Å². The number of rotatable bonds is 9.